The van der Waals surface area contributed by atoms with E-state index < -0.39 is 11.7 Å². The number of carbonyl (C=O) groups excluding carboxylic acids is 2. The molecule has 2 amide bonds. The van der Waals surface area contributed by atoms with Crippen molar-refractivity contribution in [3.63, 3.8) is 0 Å². The van der Waals surface area contributed by atoms with E-state index in [0.29, 0.717) is 25.9 Å². The van der Waals surface area contributed by atoms with Gasteiger partial charge in [0, 0.05) is 12.8 Å². The summed E-state index contributed by atoms with van der Waals surface area (Å²) in [7, 11) is 0. The van der Waals surface area contributed by atoms with Crippen LogP contribution in [0, 0.1) is 6.92 Å². The fourth-order valence-corrected chi connectivity index (χ4v) is 2.75. The van der Waals surface area contributed by atoms with Crippen LogP contribution in [-0.2, 0) is 16.1 Å². The Morgan fingerprint density at radius 1 is 1.20 bits per heavy atom. The van der Waals surface area contributed by atoms with Crippen LogP contribution in [0.5, 0.6) is 0 Å². The second-order valence-corrected chi connectivity index (χ2v) is 5.49. The summed E-state index contributed by atoms with van der Waals surface area (Å²) in [6, 6.07) is 7.82. The van der Waals surface area contributed by atoms with Gasteiger partial charge in [-0.25, -0.2) is 9.69 Å². The highest BCUT2D eigenvalue weighted by molar-refractivity contribution is 6.02. The minimum absolute atomic E-state index is 0.190. The van der Waals surface area contributed by atoms with E-state index in [1.54, 1.807) is 0 Å². The quantitative estimate of drug-likeness (QED) is 0.890. The van der Waals surface area contributed by atoms with E-state index in [9.17, 15) is 9.59 Å². The number of hydrogen-bond acceptors (Lipinski definition) is 4. The molecule has 2 saturated heterocycles. The number of carbonyl (C=O) groups is 2. The van der Waals surface area contributed by atoms with Crippen molar-refractivity contribution in [3.05, 3.63) is 35.4 Å². The van der Waals surface area contributed by atoms with E-state index in [1.165, 1.54) is 4.90 Å². The average molecular weight is 274 g/mol. The van der Waals surface area contributed by atoms with Crippen LogP contribution < -0.4 is 5.32 Å². The lowest BCUT2D eigenvalue weighted by Crippen LogP contribution is -2.48. The summed E-state index contributed by atoms with van der Waals surface area (Å²) in [5, 5.41) is 3.18. The number of nitrogens with zero attached hydrogens (tertiary/aromatic N) is 1. The van der Waals surface area contributed by atoms with Crippen molar-refractivity contribution >= 4 is 12.0 Å². The maximum Gasteiger partial charge on any atom is 0.418 e. The number of amides is 2. The lowest BCUT2D eigenvalue weighted by molar-refractivity contribution is -0.139. The summed E-state index contributed by atoms with van der Waals surface area (Å²) in [6.45, 7) is 3.70. The molecule has 2 heterocycles. The molecular weight excluding hydrogens is 256 g/mol. The number of benzene rings is 1. The summed E-state index contributed by atoms with van der Waals surface area (Å²) < 4.78 is 5.41. The van der Waals surface area contributed by atoms with Crippen molar-refractivity contribution in [2.45, 2.75) is 31.9 Å². The minimum Gasteiger partial charge on any atom is -0.432 e. The average Bonchev–Trinajstić information content (AvgIpc) is 2.67. The number of hydrogen-bond donors (Lipinski definition) is 1. The fraction of sp³-hybridized carbons (Fsp3) is 0.467. The number of piperidine rings is 1. The predicted molar refractivity (Wildman–Crippen MR) is 73.0 cm³/mol. The van der Waals surface area contributed by atoms with Gasteiger partial charge < -0.3 is 10.1 Å². The number of rotatable bonds is 2. The van der Waals surface area contributed by atoms with Gasteiger partial charge in [0.2, 0.25) is 0 Å². The molecule has 106 valence electrons. The van der Waals surface area contributed by atoms with Gasteiger partial charge in [-0.2, -0.15) is 0 Å². The van der Waals surface area contributed by atoms with Crippen molar-refractivity contribution < 1.29 is 14.3 Å². The normalized spacial score (nSPS) is 21.4. The van der Waals surface area contributed by atoms with Gasteiger partial charge in [0.25, 0.3) is 5.91 Å². The molecule has 2 aliphatic rings. The van der Waals surface area contributed by atoms with E-state index in [0.717, 1.165) is 11.1 Å². The molecule has 0 bridgehead atoms. The van der Waals surface area contributed by atoms with Crippen LogP contribution in [0.15, 0.2) is 24.3 Å². The molecule has 0 unspecified atom stereocenters. The zero-order valence-electron chi connectivity index (χ0n) is 11.5. The van der Waals surface area contributed by atoms with Gasteiger partial charge in [0.05, 0.1) is 6.54 Å². The Labute approximate surface area is 117 Å². The SMILES string of the molecule is Cc1ccc(CN2C(=O)OC3(CCNCC3)C2=O)cc1. The Morgan fingerprint density at radius 3 is 2.50 bits per heavy atom. The topological polar surface area (TPSA) is 58.6 Å². The number of ether oxygens (including phenoxy) is 1. The van der Waals surface area contributed by atoms with Crippen LogP contribution in [0.25, 0.3) is 0 Å². The van der Waals surface area contributed by atoms with Gasteiger partial charge in [-0.15, -0.1) is 0 Å². The molecule has 0 radical (unpaired) electrons. The molecule has 5 heteroatoms. The highest BCUT2D eigenvalue weighted by Crippen LogP contribution is 2.33. The maximum atomic E-state index is 12.5. The van der Waals surface area contributed by atoms with E-state index in [-0.39, 0.29) is 12.5 Å². The molecule has 0 atom stereocenters. The number of nitrogens with one attached hydrogen (secondary N) is 1. The van der Waals surface area contributed by atoms with Gasteiger partial charge in [-0.3, -0.25) is 4.79 Å². The monoisotopic (exact) mass is 274 g/mol. The Balaban J connectivity index is 1.78. The molecular formula is C15H18N2O3. The van der Waals surface area contributed by atoms with Gasteiger partial charge in [0.15, 0.2) is 5.60 Å². The Hall–Kier alpha value is -1.88. The third-order valence-electron chi connectivity index (χ3n) is 4.01. The molecule has 2 fully saturated rings. The maximum absolute atomic E-state index is 12.5. The van der Waals surface area contributed by atoms with E-state index >= 15 is 0 Å². The largest absolute Gasteiger partial charge is 0.432 e. The summed E-state index contributed by atoms with van der Waals surface area (Å²) in [6.07, 6.45) is 0.599. The first-order chi connectivity index (χ1) is 9.61. The Bertz CT molecular complexity index is 533. The van der Waals surface area contributed by atoms with Gasteiger partial charge >= 0.3 is 6.09 Å². The van der Waals surface area contributed by atoms with Gasteiger partial charge in [-0.05, 0) is 25.6 Å². The zero-order valence-corrected chi connectivity index (χ0v) is 11.5. The molecule has 3 rings (SSSR count). The first-order valence-electron chi connectivity index (χ1n) is 6.92. The second-order valence-electron chi connectivity index (χ2n) is 5.49. The van der Waals surface area contributed by atoms with E-state index in [4.69, 9.17) is 4.74 Å². The lowest BCUT2D eigenvalue weighted by Gasteiger charge is -2.29. The van der Waals surface area contributed by atoms with Crippen LogP contribution in [-0.4, -0.2) is 35.6 Å². The summed E-state index contributed by atoms with van der Waals surface area (Å²) in [4.78, 5) is 25.7. The first kappa shape index (κ1) is 13.1. The summed E-state index contributed by atoms with van der Waals surface area (Å²) >= 11 is 0. The van der Waals surface area contributed by atoms with Gasteiger partial charge in [0.1, 0.15) is 0 Å². The van der Waals surface area contributed by atoms with Crippen LogP contribution in [0.4, 0.5) is 4.79 Å². The Morgan fingerprint density at radius 2 is 1.85 bits per heavy atom. The smallest absolute Gasteiger partial charge is 0.418 e. The zero-order chi connectivity index (χ0) is 14.2. The molecule has 1 aromatic carbocycles. The lowest BCUT2D eigenvalue weighted by atomic mass is 9.91. The minimum atomic E-state index is -0.924. The van der Waals surface area contributed by atoms with Gasteiger partial charge in [-0.1, -0.05) is 29.8 Å². The van der Waals surface area contributed by atoms with Crippen LogP contribution in [0.2, 0.25) is 0 Å². The highest BCUT2D eigenvalue weighted by atomic mass is 16.6. The number of aryl methyl sites for hydroxylation is 1. The molecule has 5 nitrogen and oxygen atoms in total. The van der Waals surface area contributed by atoms with E-state index in [2.05, 4.69) is 5.32 Å². The van der Waals surface area contributed by atoms with Crippen LogP contribution >= 0.6 is 0 Å². The van der Waals surface area contributed by atoms with Crippen LogP contribution in [0.3, 0.4) is 0 Å². The number of imide groups is 1. The second kappa shape index (κ2) is 4.90. The fourth-order valence-electron chi connectivity index (χ4n) is 2.75. The van der Waals surface area contributed by atoms with Crippen molar-refractivity contribution in [3.8, 4) is 0 Å². The molecule has 0 saturated carbocycles. The van der Waals surface area contributed by atoms with E-state index in [1.807, 2.05) is 31.2 Å². The first-order valence-corrected chi connectivity index (χ1v) is 6.92. The summed E-state index contributed by atoms with van der Waals surface area (Å²) in [5.41, 5.74) is 1.17. The standard InChI is InChI=1S/C15H18N2O3/c1-11-2-4-12(5-3-11)10-17-13(18)15(20-14(17)19)6-8-16-9-7-15/h2-5,16H,6-10H2,1H3. The molecule has 1 aromatic rings. The molecule has 0 aromatic heterocycles. The predicted octanol–water partition coefficient (Wildman–Crippen LogP) is 1.60. The Kier molecular flexibility index (Phi) is 3.22. The van der Waals surface area contributed by atoms with Crippen molar-refractivity contribution in [2.75, 3.05) is 13.1 Å². The van der Waals surface area contributed by atoms with Crippen LogP contribution in [0.1, 0.15) is 24.0 Å². The molecule has 1 spiro atoms. The summed E-state index contributed by atoms with van der Waals surface area (Å²) in [5.74, 6) is -0.190. The molecule has 1 N–H and O–H groups in total. The highest BCUT2D eigenvalue weighted by Gasteiger charge is 2.53. The molecule has 20 heavy (non-hydrogen) atoms. The van der Waals surface area contributed by atoms with Crippen molar-refractivity contribution in [2.24, 2.45) is 0 Å². The van der Waals surface area contributed by atoms with Crippen molar-refractivity contribution in [1.29, 1.82) is 0 Å². The third kappa shape index (κ3) is 2.18. The van der Waals surface area contributed by atoms with Crippen molar-refractivity contribution in [1.82, 2.24) is 10.2 Å². The molecule has 2 aliphatic heterocycles. The molecule has 0 aliphatic carbocycles. The third-order valence-corrected chi connectivity index (χ3v) is 4.01.